The number of carbonyl (C=O) groups excluding carboxylic acids is 2. The van der Waals surface area contributed by atoms with Gasteiger partial charge in [0.15, 0.2) is 0 Å². The molecule has 0 fully saturated rings. The second kappa shape index (κ2) is 21.1. The molecule has 10 heteroatoms. The first-order chi connectivity index (χ1) is 32.0. The van der Waals surface area contributed by atoms with Crippen molar-refractivity contribution >= 4 is 45.1 Å². The van der Waals surface area contributed by atoms with E-state index in [1.165, 1.54) is 11.1 Å². The van der Waals surface area contributed by atoms with Gasteiger partial charge in [0.25, 0.3) is 0 Å². The lowest BCUT2D eigenvalue weighted by Crippen LogP contribution is -2.09. The highest BCUT2D eigenvalue weighted by Crippen LogP contribution is 2.33. The monoisotopic (exact) mass is 883 g/mol. The topological polar surface area (TPSA) is 128 Å². The first kappa shape index (κ1) is 45.9. The minimum absolute atomic E-state index is 0.0902. The molecule has 0 aliphatic heterocycles. The molecule has 0 radical (unpaired) electrons. The van der Waals surface area contributed by atoms with E-state index < -0.39 is 0 Å². The maximum absolute atomic E-state index is 13.2. The summed E-state index contributed by atoms with van der Waals surface area (Å²) >= 11 is 1.63. The maximum atomic E-state index is 13.2. The number of hydrogen-bond acceptors (Lipinski definition) is 10. The fraction of sp³-hybridized carbons (Fsp3) is 0.161. The Kier molecular flexibility index (Phi) is 14.6. The van der Waals surface area contributed by atoms with Crippen LogP contribution in [0.2, 0.25) is 0 Å². The van der Waals surface area contributed by atoms with Gasteiger partial charge >= 0.3 is 0 Å². The number of carbonyl (C=O) groups is 2. The molecule has 8 aromatic rings. The highest BCUT2D eigenvalue weighted by atomic mass is 32.2. The van der Waals surface area contributed by atoms with Crippen molar-refractivity contribution in [3.63, 3.8) is 0 Å². The van der Waals surface area contributed by atoms with Crippen molar-refractivity contribution in [2.45, 2.75) is 44.4 Å². The normalized spacial score (nSPS) is 10.7. The third kappa shape index (κ3) is 10.6. The molecule has 0 aliphatic rings. The van der Waals surface area contributed by atoms with Crippen molar-refractivity contribution in [2.75, 3.05) is 19.5 Å². The molecule has 6 aromatic carbocycles. The van der Waals surface area contributed by atoms with Gasteiger partial charge in [-0.2, -0.15) is 5.26 Å². The number of hydrogen-bond donors (Lipinski definition) is 0. The number of ketones is 2. The minimum Gasteiger partial charge on any atom is -0.481 e. The number of nitriles is 1. The summed E-state index contributed by atoms with van der Waals surface area (Å²) < 4.78 is 11.2. The zero-order chi connectivity index (χ0) is 46.7. The maximum Gasteiger partial charge on any atom is 0.230 e. The van der Waals surface area contributed by atoms with Gasteiger partial charge < -0.3 is 9.47 Å². The van der Waals surface area contributed by atoms with Crippen LogP contribution < -0.4 is 9.47 Å². The van der Waals surface area contributed by atoms with Gasteiger partial charge in [0.05, 0.1) is 34.1 Å². The van der Waals surface area contributed by atoms with E-state index in [4.69, 9.17) is 32.6 Å². The largest absolute Gasteiger partial charge is 0.481 e. The average Bonchev–Trinajstić information content (AvgIpc) is 3.36. The van der Waals surface area contributed by atoms with Crippen LogP contribution >= 0.6 is 11.8 Å². The van der Waals surface area contributed by atoms with E-state index in [9.17, 15) is 9.59 Å². The molecule has 0 amide bonds. The van der Waals surface area contributed by atoms with Crippen LogP contribution in [0.5, 0.6) is 11.5 Å². The third-order valence-electron chi connectivity index (χ3n) is 10.7. The molecule has 324 valence electrons. The van der Waals surface area contributed by atoms with Gasteiger partial charge in [0.2, 0.25) is 23.2 Å². The smallest absolute Gasteiger partial charge is 0.230 e. The van der Waals surface area contributed by atoms with Crippen molar-refractivity contribution in [1.29, 1.82) is 5.26 Å². The molecule has 9 nitrogen and oxygen atoms in total. The molecule has 0 aliphatic carbocycles. The number of ether oxygens (including phenoxy) is 2. The van der Waals surface area contributed by atoms with E-state index in [0.29, 0.717) is 62.4 Å². The van der Waals surface area contributed by atoms with Crippen molar-refractivity contribution in [1.82, 2.24) is 19.9 Å². The Balaban J connectivity index is 0.000000196. The van der Waals surface area contributed by atoms with Crippen LogP contribution in [-0.2, 0) is 0 Å². The summed E-state index contributed by atoms with van der Waals surface area (Å²) in [5, 5.41) is 10.6. The van der Waals surface area contributed by atoms with Crippen LogP contribution in [0.1, 0.15) is 88.6 Å². The van der Waals surface area contributed by atoms with Gasteiger partial charge in [0.1, 0.15) is 24.7 Å². The number of aromatic nitrogens is 4. The highest BCUT2D eigenvalue weighted by molar-refractivity contribution is 7.98. The lowest BCUT2D eigenvalue weighted by Gasteiger charge is -2.12. The van der Waals surface area contributed by atoms with Crippen LogP contribution in [0.15, 0.2) is 138 Å². The van der Waals surface area contributed by atoms with Crippen LogP contribution in [0.25, 0.3) is 44.3 Å². The van der Waals surface area contributed by atoms with Gasteiger partial charge in [-0.15, -0.1) is 24.6 Å². The molecule has 0 N–H and O–H groups in total. The van der Waals surface area contributed by atoms with E-state index in [0.717, 1.165) is 26.8 Å². The Hall–Kier alpha value is -8.10. The summed E-state index contributed by atoms with van der Waals surface area (Å²) in [6.45, 7) is 8.91. The number of terminal acetylenes is 2. The molecular weight excluding hydrogens is 839 g/mol. The fourth-order valence-corrected chi connectivity index (χ4v) is 7.44. The number of fused-ring (bicyclic) bond motifs is 2. The molecule has 8 rings (SSSR count). The molecule has 0 bridgehead atoms. The van der Waals surface area contributed by atoms with E-state index in [1.54, 1.807) is 54.2 Å². The molecule has 2 heterocycles. The van der Waals surface area contributed by atoms with E-state index in [1.807, 2.05) is 73.0 Å². The average molecular weight is 884 g/mol. The molecular formula is C56H45N5O4S. The third-order valence-corrected chi connectivity index (χ3v) is 11.5. The molecule has 66 heavy (non-hydrogen) atoms. The quantitative estimate of drug-likeness (QED) is 0.0627. The zero-order valence-corrected chi connectivity index (χ0v) is 38.0. The Morgan fingerprint density at radius 2 is 0.985 bits per heavy atom. The number of thioether (sulfide) groups is 1. The molecule has 0 unspecified atom stereocenters. The first-order valence-corrected chi connectivity index (χ1v) is 22.4. The standard InChI is InChI=1S/C28H21N3O2.C28H24N2O2S/c1-4-15-33-23-13-14-25-24(16-23)26(21-11-9-20(10-12-21)18(2)3)31-28(30-25)27(32)22-7-5-19(17-29)6-8-22;1-5-16-32-22-12-15-25-24(17-22)26(20-8-6-19(7-9-20)18(2)3)30-28(29-25)27(31)21-10-13-23(33-4)14-11-21/h1,5-14,16,18H,15H2,2-3H3;1,6-15,17-18H,16H2,2-4H3. The van der Waals surface area contributed by atoms with Gasteiger partial charge in [0, 0.05) is 37.9 Å². The Morgan fingerprint density at radius 3 is 1.35 bits per heavy atom. The van der Waals surface area contributed by atoms with E-state index >= 15 is 0 Å². The summed E-state index contributed by atoms with van der Waals surface area (Å²) in [6.07, 6.45) is 12.7. The van der Waals surface area contributed by atoms with Crippen molar-refractivity contribution in [2.24, 2.45) is 0 Å². The Labute approximate surface area is 389 Å². The minimum atomic E-state index is -0.311. The predicted molar refractivity (Wildman–Crippen MR) is 263 cm³/mol. The van der Waals surface area contributed by atoms with Crippen molar-refractivity contribution in [3.05, 3.63) is 173 Å². The Bertz CT molecular complexity index is 3180. The number of benzene rings is 6. The molecule has 2 aromatic heterocycles. The van der Waals surface area contributed by atoms with Gasteiger partial charge in [-0.3, -0.25) is 9.59 Å². The second-order valence-electron chi connectivity index (χ2n) is 15.8. The summed E-state index contributed by atoms with van der Waals surface area (Å²) in [7, 11) is 0. The highest BCUT2D eigenvalue weighted by Gasteiger charge is 2.20. The van der Waals surface area contributed by atoms with Crippen LogP contribution in [-0.4, -0.2) is 51.0 Å². The summed E-state index contributed by atoms with van der Waals surface area (Å²) in [5.41, 5.74) is 8.31. The van der Waals surface area contributed by atoms with Crippen molar-refractivity contribution in [3.8, 4) is 64.8 Å². The van der Waals surface area contributed by atoms with Gasteiger partial charge in [-0.05, 0) is 114 Å². The molecule has 0 saturated heterocycles. The lowest BCUT2D eigenvalue weighted by atomic mass is 9.99. The fourth-order valence-electron chi connectivity index (χ4n) is 7.04. The summed E-state index contributed by atoms with van der Waals surface area (Å²) in [4.78, 5) is 46.0. The SMILES string of the molecule is C#CCOc1ccc2nc(C(=O)c3ccc(C#N)cc3)nc(-c3ccc(C(C)C)cc3)c2c1.C#CCOc1ccc2nc(C(=O)c3ccc(SC)cc3)nc(-c3ccc(C(C)C)cc3)c2c1. The number of nitrogens with zero attached hydrogens (tertiary/aromatic N) is 5. The summed E-state index contributed by atoms with van der Waals surface area (Å²) in [6, 6.07) is 43.3. The van der Waals surface area contributed by atoms with E-state index in [2.05, 4.69) is 84.8 Å². The zero-order valence-electron chi connectivity index (χ0n) is 37.2. The van der Waals surface area contributed by atoms with Gasteiger partial charge in [-0.1, -0.05) is 88.1 Å². The van der Waals surface area contributed by atoms with Crippen molar-refractivity contribution < 1.29 is 19.1 Å². The molecule has 0 saturated carbocycles. The lowest BCUT2D eigenvalue weighted by molar-refractivity contribution is 0.102. The molecule has 0 atom stereocenters. The second-order valence-corrected chi connectivity index (χ2v) is 16.6. The van der Waals surface area contributed by atoms with Crippen LogP contribution in [0, 0.1) is 36.0 Å². The van der Waals surface area contributed by atoms with Crippen LogP contribution in [0.3, 0.4) is 0 Å². The van der Waals surface area contributed by atoms with Crippen LogP contribution in [0.4, 0.5) is 0 Å². The summed E-state index contributed by atoms with van der Waals surface area (Å²) in [5.74, 6) is 6.74. The first-order valence-electron chi connectivity index (χ1n) is 21.2. The van der Waals surface area contributed by atoms with E-state index in [-0.39, 0.29) is 36.4 Å². The predicted octanol–water partition coefficient (Wildman–Crippen LogP) is 11.9. The van der Waals surface area contributed by atoms with Gasteiger partial charge in [-0.25, -0.2) is 19.9 Å². The number of rotatable bonds is 13. The Morgan fingerprint density at radius 1 is 0.576 bits per heavy atom. The molecule has 0 spiro atoms.